The van der Waals surface area contributed by atoms with Crippen molar-refractivity contribution >= 4 is 5.97 Å². The van der Waals surface area contributed by atoms with Crippen LogP contribution in [0.5, 0.6) is 0 Å². The first-order chi connectivity index (χ1) is 6.22. The van der Waals surface area contributed by atoms with E-state index in [1.54, 1.807) is 0 Å². The van der Waals surface area contributed by atoms with E-state index >= 15 is 0 Å². The first-order valence-corrected chi connectivity index (χ1v) is 5.19. The van der Waals surface area contributed by atoms with Crippen LogP contribution >= 0.6 is 0 Å². The highest BCUT2D eigenvalue weighted by atomic mass is 16.4. The van der Waals surface area contributed by atoms with Gasteiger partial charge in [-0.1, -0.05) is 13.3 Å². The number of aliphatic carboxylic acids is 1. The molecule has 0 amide bonds. The predicted octanol–water partition coefficient (Wildman–Crippen LogP) is 1.19. The smallest absolute Gasteiger partial charge is 0.320 e. The van der Waals surface area contributed by atoms with E-state index in [1.165, 1.54) is 12.8 Å². The highest BCUT2D eigenvalue weighted by Crippen LogP contribution is 2.37. The second-order valence-corrected chi connectivity index (χ2v) is 4.30. The number of hydrogen-bond acceptors (Lipinski definition) is 2. The molecule has 3 aliphatic heterocycles. The Balaban J connectivity index is 2.07. The van der Waals surface area contributed by atoms with Crippen molar-refractivity contribution in [2.24, 2.45) is 11.8 Å². The van der Waals surface area contributed by atoms with Gasteiger partial charge < -0.3 is 5.11 Å². The largest absolute Gasteiger partial charge is 0.480 e. The van der Waals surface area contributed by atoms with Crippen molar-refractivity contribution < 1.29 is 9.90 Å². The third-order valence-electron chi connectivity index (χ3n) is 3.70. The normalized spacial score (nSPS) is 43.5. The molecule has 0 aliphatic carbocycles. The minimum Gasteiger partial charge on any atom is -0.480 e. The Kier molecular flexibility index (Phi) is 2.28. The minimum atomic E-state index is -0.626. The van der Waals surface area contributed by atoms with Crippen LogP contribution in [-0.4, -0.2) is 35.1 Å². The Bertz CT molecular complexity index is 217. The van der Waals surface area contributed by atoms with Crippen LogP contribution in [0.4, 0.5) is 0 Å². The van der Waals surface area contributed by atoms with Crippen LogP contribution in [0, 0.1) is 11.8 Å². The van der Waals surface area contributed by atoms with E-state index in [1.807, 2.05) is 0 Å². The van der Waals surface area contributed by atoms with E-state index in [0.717, 1.165) is 25.4 Å². The molecule has 4 atom stereocenters. The van der Waals surface area contributed by atoms with Crippen LogP contribution in [0.3, 0.4) is 0 Å². The van der Waals surface area contributed by atoms with Gasteiger partial charge in [0, 0.05) is 6.54 Å². The van der Waals surface area contributed by atoms with Crippen molar-refractivity contribution in [2.45, 2.75) is 32.2 Å². The fourth-order valence-electron chi connectivity index (χ4n) is 2.86. The summed E-state index contributed by atoms with van der Waals surface area (Å²) in [4.78, 5) is 13.0. The van der Waals surface area contributed by atoms with Gasteiger partial charge in [0.2, 0.25) is 0 Å². The summed E-state index contributed by atoms with van der Waals surface area (Å²) >= 11 is 0. The summed E-state index contributed by atoms with van der Waals surface area (Å²) in [5, 5.41) is 8.98. The number of fused-ring (bicyclic) bond motifs is 3. The maximum absolute atomic E-state index is 10.9. The molecule has 1 N–H and O–H groups in total. The molecule has 0 radical (unpaired) electrons. The minimum absolute atomic E-state index is 0.179. The lowest BCUT2D eigenvalue weighted by atomic mass is 9.74. The molecule has 2 bridgehead atoms. The molecule has 3 nitrogen and oxygen atoms in total. The Morgan fingerprint density at radius 3 is 2.85 bits per heavy atom. The molecule has 2 unspecified atom stereocenters. The Hall–Kier alpha value is -0.570. The lowest BCUT2D eigenvalue weighted by molar-refractivity contribution is -0.149. The Labute approximate surface area is 78.7 Å². The summed E-state index contributed by atoms with van der Waals surface area (Å²) in [6.07, 6.45) is 3.30. The molecule has 3 heterocycles. The molecule has 0 aromatic carbocycles. The number of nitrogens with zero attached hydrogens (tertiary/aromatic N) is 1. The van der Waals surface area contributed by atoms with Crippen LogP contribution in [0.2, 0.25) is 0 Å². The fourth-order valence-corrected chi connectivity index (χ4v) is 2.86. The van der Waals surface area contributed by atoms with E-state index in [4.69, 9.17) is 5.11 Å². The summed E-state index contributed by atoms with van der Waals surface area (Å²) in [6.45, 7) is 4.22. The number of piperidine rings is 3. The van der Waals surface area contributed by atoms with Gasteiger partial charge in [-0.2, -0.15) is 0 Å². The maximum atomic E-state index is 10.9. The van der Waals surface area contributed by atoms with Crippen molar-refractivity contribution in [1.82, 2.24) is 4.90 Å². The fraction of sp³-hybridized carbons (Fsp3) is 0.900. The van der Waals surface area contributed by atoms with Gasteiger partial charge in [-0.05, 0) is 31.2 Å². The highest BCUT2D eigenvalue weighted by molar-refractivity contribution is 5.73. The van der Waals surface area contributed by atoms with Gasteiger partial charge in [0.25, 0.3) is 0 Å². The van der Waals surface area contributed by atoms with Crippen LogP contribution in [-0.2, 0) is 4.79 Å². The monoisotopic (exact) mass is 183 g/mol. The van der Waals surface area contributed by atoms with E-state index < -0.39 is 5.97 Å². The quantitative estimate of drug-likeness (QED) is 0.699. The number of carbonyl (C=O) groups is 1. The molecular weight excluding hydrogens is 166 g/mol. The van der Waals surface area contributed by atoms with Crippen LogP contribution in [0.1, 0.15) is 26.2 Å². The summed E-state index contributed by atoms with van der Waals surface area (Å²) < 4.78 is 0. The van der Waals surface area contributed by atoms with Crippen molar-refractivity contribution in [3.05, 3.63) is 0 Å². The van der Waals surface area contributed by atoms with Gasteiger partial charge in [-0.15, -0.1) is 0 Å². The summed E-state index contributed by atoms with van der Waals surface area (Å²) in [5.74, 6) is 0.805. The van der Waals surface area contributed by atoms with Gasteiger partial charge in [-0.25, -0.2) is 0 Å². The zero-order valence-corrected chi connectivity index (χ0v) is 8.07. The van der Waals surface area contributed by atoms with Gasteiger partial charge in [0.1, 0.15) is 6.04 Å². The molecule has 0 saturated carbocycles. The lowest BCUT2D eigenvalue weighted by Crippen LogP contribution is -2.56. The van der Waals surface area contributed by atoms with Crippen molar-refractivity contribution in [3.63, 3.8) is 0 Å². The van der Waals surface area contributed by atoms with Crippen molar-refractivity contribution in [2.75, 3.05) is 13.1 Å². The summed E-state index contributed by atoms with van der Waals surface area (Å²) in [7, 11) is 0. The summed E-state index contributed by atoms with van der Waals surface area (Å²) in [5.41, 5.74) is 0. The first-order valence-electron chi connectivity index (χ1n) is 5.19. The SMILES string of the molecule is CC[C@H]1CN2CC[C@H]1CC2C(=O)O. The zero-order valence-electron chi connectivity index (χ0n) is 8.07. The van der Waals surface area contributed by atoms with Crippen molar-refractivity contribution in [1.29, 1.82) is 0 Å². The van der Waals surface area contributed by atoms with Crippen molar-refractivity contribution in [3.8, 4) is 0 Å². The number of rotatable bonds is 2. The van der Waals surface area contributed by atoms with E-state index in [0.29, 0.717) is 5.92 Å². The lowest BCUT2D eigenvalue weighted by Gasteiger charge is -2.48. The third-order valence-corrected chi connectivity index (χ3v) is 3.70. The molecular formula is C10H17NO2. The number of carboxylic acid groups (broad SMARTS) is 1. The van der Waals surface area contributed by atoms with Gasteiger partial charge in [0.15, 0.2) is 0 Å². The number of carboxylic acids is 1. The Morgan fingerprint density at radius 2 is 2.38 bits per heavy atom. The molecule has 0 aromatic heterocycles. The van der Waals surface area contributed by atoms with Gasteiger partial charge in [0.05, 0.1) is 0 Å². The molecule has 3 aliphatic rings. The average Bonchev–Trinajstić information content (AvgIpc) is 2.18. The molecule has 0 spiro atoms. The van der Waals surface area contributed by atoms with Crippen LogP contribution in [0.15, 0.2) is 0 Å². The van der Waals surface area contributed by atoms with Crippen LogP contribution in [0.25, 0.3) is 0 Å². The molecule has 3 fully saturated rings. The van der Waals surface area contributed by atoms with E-state index in [-0.39, 0.29) is 6.04 Å². The first kappa shape index (κ1) is 9.00. The van der Waals surface area contributed by atoms with Gasteiger partial charge >= 0.3 is 5.97 Å². The summed E-state index contributed by atoms with van der Waals surface area (Å²) in [6, 6.07) is -0.179. The second kappa shape index (κ2) is 3.29. The molecule has 3 rings (SSSR count). The zero-order chi connectivity index (χ0) is 9.42. The third kappa shape index (κ3) is 1.46. The highest BCUT2D eigenvalue weighted by Gasteiger charge is 2.42. The average molecular weight is 183 g/mol. The molecule has 0 aromatic rings. The molecule has 3 saturated heterocycles. The number of hydrogen-bond donors (Lipinski definition) is 1. The van der Waals surface area contributed by atoms with E-state index in [9.17, 15) is 4.79 Å². The topological polar surface area (TPSA) is 40.5 Å². The Morgan fingerprint density at radius 1 is 1.62 bits per heavy atom. The van der Waals surface area contributed by atoms with Gasteiger partial charge in [-0.3, -0.25) is 9.69 Å². The predicted molar refractivity (Wildman–Crippen MR) is 49.5 cm³/mol. The van der Waals surface area contributed by atoms with E-state index in [2.05, 4.69) is 11.8 Å². The molecule has 13 heavy (non-hydrogen) atoms. The maximum Gasteiger partial charge on any atom is 0.320 e. The molecule has 74 valence electrons. The molecule has 3 heteroatoms. The standard InChI is InChI=1S/C10H17NO2/c1-2-7-6-11-4-3-8(7)5-9(11)10(12)13/h7-9H,2-6H2,1H3,(H,12,13)/t7-,8-,9?/m0/s1. The second-order valence-electron chi connectivity index (χ2n) is 4.30. The van der Waals surface area contributed by atoms with Crippen LogP contribution < -0.4 is 0 Å².